The van der Waals surface area contributed by atoms with E-state index in [1.54, 1.807) is 12.1 Å². The highest BCUT2D eigenvalue weighted by Gasteiger charge is 2.27. The van der Waals surface area contributed by atoms with Crippen LogP contribution in [0.3, 0.4) is 0 Å². The summed E-state index contributed by atoms with van der Waals surface area (Å²) in [6, 6.07) is 19.7. The Morgan fingerprint density at radius 2 is 1.35 bits per heavy atom. The van der Waals surface area contributed by atoms with Gasteiger partial charge in [-0.05, 0) is 49.2 Å². The highest BCUT2D eigenvalue weighted by Crippen LogP contribution is 2.19. The van der Waals surface area contributed by atoms with E-state index in [2.05, 4.69) is 5.32 Å². The van der Waals surface area contributed by atoms with Gasteiger partial charge in [-0.1, -0.05) is 59.7 Å². The molecule has 31 heavy (non-hydrogen) atoms. The lowest BCUT2D eigenvalue weighted by molar-refractivity contribution is -0.121. The van der Waals surface area contributed by atoms with E-state index in [-0.39, 0.29) is 18.0 Å². The SMILES string of the molecule is Cc1ccc(CNC(=O)CN(Cc2ccc(F)cc2)S(=O)(=O)c2ccc(C)cc2)cc1. The lowest BCUT2D eigenvalue weighted by Gasteiger charge is -2.22. The third kappa shape index (κ3) is 6.23. The largest absolute Gasteiger partial charge is 0.351 e. The van der Waals surface area contributed by atoms with Crippen molar-refractivity contribution in [3.8, 4) is 0 Å². The summed E-state index contributed by atoms with van der Waals surface area (Å²) in [7, 11) is -3.93. The Hall–Kier alpha value is -3.03. The zero-order chi connectivity index (χ0) is 22.4. The molecule has 0 heterocycles. The molecule has 0 radical (unpaired) electrons. The zero-order valence-corrected chi connectivity index (χ0v) is 18.3. The highest BCUT2D eigenvalue weighted by molar-refractivity contribution is 7.89. The topological polar surface area (TPSA) is 66.5 Å². The molecule has 0 fully saturated rings. The molecule has 0 spiro atoms. The number of hydrogen-bond acceptors (Lipinski definition) is 3. The van der Waals surface area contributed by atoms with Gasteiger partial charge in [0.2, 0.25) is 15.9 Å². The first-order valence-electron chi connectivity index (χ1n) is 9.87. The van der Waals surface area contributed by atoms with Gasteiger partial charge in [0.1, 0.15) is 5.82 Å². The van der Waals surface area contributed by atoms with Crippen LogP contribution < -0.4 is 5.32 Å². The third-order valence-corrected chi connectivity index (χ3v) is 6.67. The van der Waals surface area contributed by atoms with E-state index >= 15 is 0 Å². The average molecular weight is 441 g/mol. The molecule has 5 nitrogen and oxygen atoms in total. The lowest BCUT2D eigenvalue weighted by Crippen LogP contribution is -2.40. The predicted molar refractivity (Wildman–Crippen MR) is 118 cm³/mol. The number of amides is 1. The second kappa shape index (κ2) is 9.85. The molecule has 1 amide bonds. The number of nitrogens with one attached hydrogen (secondary N) is 1. The van der Waals surface area contributed by atoms with Crippen LogP contribution in [-0.4, -0.2) is 25.2 Å². The molecule has 3 rings (SSSR count). The fourth-order valence-corrected chi connectivity index (χ4v) is 4.39. The first-order chi connectivity index (χ1) is 14.7. The zero-order valence-electron chi connectivity index (χ0n) is 17.5. The predicted octanol–water partition coefficient (Wildman–Crippen LogP) is 3.95. The Balaban J connectivity index is 1.79. The molecular formula is C24H25FN2O3S. The normalized spacial score (nSPS) is 11.5. The van der Waals surface area contributed by atoms with Crippen LogP contribution in [0.4, 0.5) is 4.39 Å². The van der Waals surface area contributed by atoms with Crippen molar-refractivity contribution in [2.45, 2.75) is 31.8 Å². The Bertz CT molecular complexity index is 1130. The molecule has 0 aliphatic carbocycles. The van der Waals surface area contributed by atoms with Crippen LogP contribution in [0, 0.1) is 19.7 Å². The van der Waals surface area contributed by atoms with Crippen molar-refractivity contribution in [1.29, 1.82) is 0 Å². The maximum atomic E-state index is 13.3. The monoisotopic (exact) mass is 440 g/mol. The molecule has 7 heteroatoms. The first kappa shape index (κ1) is 22.7. The molecule has 0 saturated carbocycles. The van der Waals surface area contributed by atoms with Crippen molar-refractivity contribution in [2.75, 3.05) is 6.54 Å². The molecule has 0 saturated heterocycles. The van der Waals surface area contributed by atoms with Crippen LogP contribution >= 0.6 is 0 Å². The van der Waals surface area contributed by atoms with Gasteiger partial charge in [0.25, 0.3) is 0 Å². The number of halogens is 1. The van der Waals surface area contributed by atoms with Gasteiger partial charge in [-0.15, -0.1) is 0 Å². The van der Waals surface area contributed by atoms with E-state index in [0.29, 0.717) is 12.1 Å². The minimum Gasteiger partial charge on any atom is -0.351 e. The van der Waals surface area contributed by atoms with E-state index in [1.807, 2.05) is 38.1 Å². The van der Waals surface area contributed by atoms with Gasteiger partial charge in [-0.2, -0.15) is 4.31 Å². The van der Waals surface area contributed by atoms with Crippen LogP contribution in [0.5, 0.6) is 0 Å². The van der Waals surface area contributed by atoms with Gasteiger partial charge < -0.3 is 5.32 Å². The molecular weight excluding hydrogens is 415 g/mol. The molecule has 0 aromatic heterocycles. The van der Waals surface area contributed by atoms with Gasteiger partial charge >= 0.3 is 0 Å². The second-order valence-electron chi connectivity index (χ2n) is 7.47. The summed E-state index contributed by atoms with van der Waals surface area (Å²) < 4.78 is 40.8. The summed E-state index contributed by atoms with van der Waals surface area (Å²) >= 11 is 0. The lowest BCUT2D eigenvalue weighted by atomic mass is 10.1. The summed E-state index contributed by atoms with van der Waals surface area (Å²) in [6.07, 6.45) is 0. The van der Waals surface area contributed by atoms with E-state index in [9.17, 15) is 17.6 Å². The van der Waals surface area contributed by atoms with Gasteiger partial charge in [-0.25, -0.2) is 12.8 Å². The molecule has 1 N–H and O–H groups in total. The number of aryl methyl sites for hydroxylation is 2. The average Bonchev–Trinajstić information content (AvgIpc) is 2.74. The van der Waals surface area contributed by atoms with E-state index in [0.717, 1.165) is 21.0 Å². The van der Waals surface area contributed by atoms with Crippen LogP contribution in [0.25, 0.3) is 0 Å². The molecule has 3 aromatic carbocycles. The number of carbonyl (C=O) groups excluding carboxylic acids is 1. The number of nitrogens with zero attached hydrogens (tertiary/aromatic N) is 1. The molecule has 0 unspecified atom stereocenters. The molecule has 0 atom stereocenters. The number of benzene rings is 3. The van der Waals surface area contributed by atoms with E-state index in [1.165, 1.54) is 36.4 Å². The smallest absolute Gasteiger partial charge is 0.243 e. The second-order valence-corrected chi connectivity index (χ2v) is 9.41. The van der Waals surface area contributed by atoms with Crippen LogP contribution in [0.15, 0.2) is 77.7 Å². The molecule has 0 aliphatic heterocycles. The molecule has 0 bridgehead atoms. The molecule has 0 aliphatic rings. The number of rotatable bonds is 8. The summed E-state index contributed by atoms with van der Waals surface area (Å²) in [5, 5.41) is 2.77. The summed E-state index contributed by atoms with van der Waals surface area (Å²) in [4.78, 5) is 12.7. The van der Waals surface area contributed by atoms with Gasteiger partial charge in [-0.3, -0.25) is 4.79 Å². The number of sulfonamides is 1. The standard InChI is InChI=1S/C24H25FN2O3S/c1-18-3-7-20(8-4-18)15-26-24(28)17-27(16-21-9-11-22(25)12-10-21)31(29,30)23-13-5-19(2)6-14-23/h3-14H,15-17H2,1-2H3,(H,26,28). The fourth-order valence-electron chi connectivity index (χ4n) is 3.00. The first-order valence-corrected chi connectivity index (χ1v) is 11.3. The van der Waals surface area contributed by atoms with Crippen LogP contribution in [-0.2, 0) is 27.9 Å². The fraction of sp³-hybridized carbons (Fsp3) is 0.208. The van der Waals surface area contributed by atoms with Crippen molar-refractivity contribution in [1.82, 2.24) is 9.62 Å². The highest BCUT2D eigenvalue weighted by atomic mass is 32.2. The summed E-state index contributed by atoms with van der Waals surface area (Å²) in [6.45, 7) is 3.75. The van der Waals surface area contributed by atoms with E-state index < -0.39 is 21.7 Å². The Morgan fingerprint density at radius 1 is 0.839 bits per heavy atom. The van der Waals surface area contributed by atoms with Crippen LogP contribution in [0.1, 0.15) is 22.3 Å². The van der Waals surface area contributed by atoms with Crippen molar-refractivity contribution in [2.24, 2.45) is 0 Å². The van der Waals surface area contributed by atoms with Crippen molar-refractivity contribution in [3.63, 3.8) is 0 Å². The maximum Gasteiger partial charge on any atom is 0.243 e. The van der Waals surface area contributed by atoms with Crippen molar-refractivity contribution < 1.29 is 17.6 Å². The summed E-state index contributed by atoms with van der Waals surface area (Å²) in [5.41, 5.74) is 3.55. The minimum absolute atomic E-state index is 0.0472. The van der Waals surface area contributed by atoms with Gasteiger partial charge in [0, 0.05) is 13.1 Å². The summed E-state index contributed by atoms with van der Waals surface area (Å²) in [5.74, 6) is -0.828. The Morgan fingerprint density at radius 3 is 1.94 bits per heavy atom. The van der Waals surface area contributed by atoms with Gasteiger partial charge in [0.05, 0.1) is 11.4 Å². The maximum absolute atomic E-state index is 13.3. The molecule has 3 aromatic rings. The van der Waals surface area contributed by atoms with E-state index in [4.69, 9.17) is 0 Å². The quantitative estimate of drug-likeness (QED) is 0.577. The van der Waals surface area contributed by atoms with Crippen molar-refractivity contribution >= 4 is 15.9 Å². The third-order valence-electron chi connectivity index (χ3n) is 4.86. The number of hydrogen-bond donors (Lipinski definition) is 1. The Labute approximate surface area is 182 Å². The van der Waals surface area contributed by atoms with Crippen molar-refractivity contribution in [3.05, 3.63) is 101 Å². The molecule has 162 valence electrons. The van der Waals surface area contributed by atoms with Gasteiger partial charge in [0.15, 0.2) is 0 Å². The Kier molecular flexibility index (Phi) is 7.20. The number of carbonyl (C=O) groups is 1. The van der Waals surface area contributed by atoms with Crippen LogP contribution in [0.2, 0.25) is 0 Å². The minimum atomic E-state index is -3.93.